The van der Waals surface area contributed by atoms with Gasteiger partial charge in [0.25, 0.3) is 0 Å². The number of carbonyl (C=O) groups is 3. The highest BCUT2D eigenvalue weighted by atomic mass is 16.6. The molecule has 2 amide bonds. The Hall–Kier alpha value is -3.91. The number of aliphatic hydroxyl groups is 1. The lowest BCUT2D eigenvalue weighted by molar-refractivity contribution is -0.165. The van der Waals surface area contributed by atoms with E-state index in [-0.39, 0.29) is 32.0 Å². The Labute approximate surface area is 242 Å². The zero-order valence-electron chi connectivity index (χ0n) is 24.8. The topological polar surface area (TPSA) is 105 Å². The molecule has 8 nitrogen and oxygen atoms in total. The number of carbonyl (C=O) groups excluding carboxylic acids is 3. The van der Waals surface area contributed by atoms with Crippen molar-refractivity contribution in [2.75, 3.05) is 19.7 Å². The lowest BCUT2D eigenvalue weighted by atomic mass is 9.98. The molecule has 0 spiro atoms. The fourth-order valence-electron chi connectivity index (χ4n) is 4.45. The molecule has 0 aliphatic rings. The third kappa shape index (κ3) is 9.60. The Morgan fingerprint density at radius 1 is 0.878 bits per heavy atom. The molecule has 0 saturated heterocycles. The van der Waals surface area contributed by atoms with Crippen molar-refractivity contribution in [2.24, 2.45) is 5.92 Å². The number of hydrogen-bond donors (Lipinski definition) is 2. The molecule has 0 heterocycles. The predicted molar refractivity (Wildman–Crippen MR) is 160 cm³/mol. The van der Waals surface area contributed by atoms with Gasteiger partial charge in [-0.05, 0) is 67.1 Å². The van der Waals surface area contributed by atoms with Gasteiger partial charge in [0.1, 0.15) is 11.6 Å². The SMILES string of the molecule is CCOC(=O)[C@H](Cc1ccc(-c2ccc3ccccc3c2)cc1)NC(=O)N(CC(C)C)CC(O)C(=O)OC(C)(C)C. The highest BCUT2D eigenvalue weighted by Crippen LogP contribution is 2.25. The van der Waals surface area contributed by atoms with E-state index in [2.05, 4.69) is 35.6 Å². The summed E-state index contributed by atoms with van der Waals surface area (Å²) in [6, 6.07) is 20.8. The number of aliphatic hydroxyl groups excluding tert-OH is 1. The molecule has 0 aliphatic carbocycles. The maximum Gasteiger partial charge on any atom is 0.337 e. The standard InChI is InChI=1S/C33H42N2O6/c1-7-40-30(37)28(34-32(39)35(20-22(2)3)21-29(36)31(38)41-33(4,5)6)18-23-12-14-25(15-13-23)27-17-16-24-10-8-9-11-26(24)19-27/h8-17,19,22,28-29,36H,7,18,20-21H2,1-6H3,(H,34,39)/t28-,29?/m0/s1. The summed E-state index contributed by atoms with van der Waals surface area (Å²) in [6.07, 6.45) is -1.31. The first-order valence-corrected chi connectivity index (χ1v) is 14.1. The molecular formula is C33H42N2O6. The molecule has 0 bridgehead atoms. The fraction of sp³-hybridized carbons (Fsp3) is 0.424. The summed E-state index contributed by atoms with van der Waals surface area (Å²) in [4.78, 5) is 39.8. The van der Waals surface area contributed by atoms with Gasteiger partial charge in [-0.25, -0.2) is 14.4 Å². The summed E-state index contributed by atoms with van der Waals surface area (Å²) in [6.45, 7) is 10.8. The summed E-state index contributed by atoms with van der Waals surface area (Å²) in [5.74, 6) is -1.32. The van der Waals surface area contributed by atoms with Gasteiger partial charge in [0.2, 0.25) is 0 Å². The molecule has 0 aliphatic heterocycles. The Balaban J connectivity index is 1.75. The van der Waals surface area contributed by atoms with E-state index in [1.165, 1.54) is 10.3 Å². The fourth-order valence-corrected chi connectivity index (χ4v) is 4.45. The largest absolute Gasteiger partial charge is 0.464 e. The highest BCUT2D eigenvalue weighted by molar-refractivity contribution is 5.87. The van der Waals surface area contributed by atoms with Crippen LogP contribution in [-0.2, 0) is 25.5 Å². The molecule has 3 aromatic rings. The van der Waals surface area contributed by atoms with Crippen LogP contribution in [0.15, 0.2) is 66.7 Å². The van der Waals surface area contributed by atoms with Crippen LogP contribution < -0.4 is 5.32 Å². The van der Waals surface area contributed by atoms with E-state index in [0.29, 0.717) is 0 Å². The number of benzene rings is 3. The Morgan fingerprint density at radius 3 is 2.12 bits per heavy atom. The van der Waals surface area contributed by atoms with E-state index in [4.69, 9.17) is 9.47 Å². The summed E-state index contributed by atoms with van der Waals surface area (Å²) < 4.78 is 10.5. The molecule has 1 unspecified atom stereocenters. The van der Waals surface area contributed by atoms with E-state index >= 15 is 0 Å². The number of nitrogens with one attached hydrogen (secondary N) is 1. The zero-order chi connectivity index (χ0) is 30.2. The summed E-state index contributed by atoms with van der Waals surface area (Å²) in [5.41, 5.74) is 2.19. The molecule has 2 N–H and O–H groups in total. The first-order valence-electron chi connectivity index (χ1n) is 14.1. The smallest absolute Gasteiger partial charge is 0.337 e. The maximum atomic E-state index is 13.3. The van der Waals surface area contributed by atoms with Crippen LogP contribution in [-0.4, -0.2) is 65.4 Å². The third-order valence-corrected chi connectivity index (χ3v) is 6.29. The molecule has 3 aromatic carbocycles. The van der Waals surface area contributed by atoms with Gasteiger partial charge >= 0.3 is 18.0 Å². The molecule has 3 rings (SSSR count). The molecule has 0 aromatic heterocycles. The quantitative estimate of drug-likeness (QED) is 0.305. The molecule has 8 heteroatoms. The van der Waals surface area contributed by atoms with Crippen molar-refractivity contribution in [1.82, 2.24) is 10.2 Å². The van der Waals surface area contributed by atoms with Gasteiger partial charge in [-0.3, -0.25) is 0 Å². The second-order valence-corrected chi connectivity index (χ2v) is 11.6. The van der Waals surface area contributed by atoms with Gasteiger partial charge in [0.05, 0.1) is 13.2 Å². The Kier molecular flexibility index (Phi) is 10.9. The molecule has 0 radical (unpaired) electrons. The van der Waals surface area contributed by atoms with Crippen molar-refractivity contribution in [3.8, 4) is 11.1 Å². The van der Waals surface area contributed by atoms with Crippen molar-refractivity contribution >= 4 is 28.7 Å². The first kappa shape index (κ1) is 31.6. The average molecular weight is 563 g/mol. The Bertz CT molecular complexity index is 1330. The second-order valence-electron chi connectivity index (χ2n) is 11.6. The third-order valence-electron chi connectivity index (χ3n) is 6.29. The van der Waals surface area contributed by atoms with Crippen LogP contribution in [0.4, 0.5) is 4.79 Å². The predicted octanol–water partition coefficient (Wildman–Crippen LogP) is 5.35. The second kappa shape index (κ2) is 14.1. The average Bonchev–Trinajstić information content (AvgIpc) is 2.91. The van der Waals surface area contributed by atoms with Gasteiger partial charge in [-0.1, -0.05) is 74.5 Å². The first-order chi connectivity index (χ1) is 19.4. The Morgan fingerprint density at radius 2 is 1.51 bits per heavy atom. The van der Waals surface area contributed by atoms with Crippen LogP contribution >= 0.6 is 0 Å². The molecule has 2 atom stereocenters. The zero-order valence-corrected chi connectivity index (χ0v) is 24.8. The number of nitrogens with zero attached hydrogens (tertiary/aromatic N) is 1. The van der Waals surface area contributed by atoms with E-state index in [1.54, 1.807) is 27.7 Å². The molecule has 0 saturated carbocycles. The van der Waals surface area contributed by atoms with Crippen molar-refractivity contribution in [3.05, 3.63) is 72.3 Å². The van der Waals surface area contributed by atoms with E-state index in [1.807, 2.05) is 50.2 Å². The van der Waals surface area contributed by atoms with Gasteiger partial charge in [-0.2, -0.15) is 0 Å². The van der Waals surface area contributed by atoms with Crippen LogP contribution in [0, 0.1) is 5.92 Å². The minimum atomic E-state index is -1.53. The van der Waals surface area contributed by atoms with Gasteiger partial charge in [0, 0.05) is 13.0 Å². The summed E-state index contributed by atoms with van der Waals surface area (Å²) in [7, 11) is 0. The van der Waals surface area contributed by atoms with E-state index in [0.717, 1.165) is 22.1 Å². The lowest BCUT2D eigenvalue weighted by Gasteiger charge is -2.29. The summed E-state index contributed by atoms with van der Waals surface area (Å²) >= 11 is 0. The minimum Gasteiger partial charge on any atom is -0.464 e. The number of fused-ring (bicyclic) bond motifs is 1. The van der Waals surface area contributed by atoms with Crippen molar-refractivity contribution in [3.63, 3.8) is 0 Å². The van der Waals surface area contributed by atoms with E-state index < -0.39 is 35.7 Å². The molecule has 41 heavy (non-hydrogen) atoms. The van der Waals surface area contributed by atoms with Crippen LogP contribution in [0.2, 0.25) is 0 Å². The van der Waals surface area contributed by atoms with Gasteiger partial charge < -0.3 is 24.8 Å². The monoisotopic (exact) mass is 562 g/mol. The number of esters is 2. The number of ether oxygens (including phenoxy) is 2. The number of hydrogen-bond acceptors (Lipinski definition) is 6. The maximum absolute atomic E-state index is 13.3. The van der Waals surface area contributed by atoms with Crippen molar-refractivity contribution < 1.29 is 29.0 Å². The number of rotatable bonds is 11. The van der Waals surface area contributed by atoms with Crippen LogP contribution in [0.1, 0.15) is 47.1 Å². The lowest BCUT2D eigenvalue weighted by Crippen LogP contribution is -2.53. The van der Waals surface area contributed by atoms with Crippen LogP contribution in [0.5, 0.6) is 0 Å². The van der Waals surface area contributed by atoms with Gasteiger partial charge in [0.15, 0.2) is 6.10 Å². The highest BCUT2D eigenvalue weighted by Gasteiger charge is 2.30. The van der Waals surface area contributed by atoms with Crippen molar-refractivity contribution in [1.29, 1.82) is 0 Å². The van der Waals surface area contributed by atoms with E-state index in [9.17, 15) is 19.5 Å². The molecular weight excluding hydrogens is 520 g/mol. The molecule has 0 fully saturated rings. The van der Waals surface area contributed by atoms with Crippen LogP contribution in [0.3, 0.4) is 0 Å². The van der Waals surface area contributed by atoms with Crippen LogP contribution in [0.25, 0.3) is 21.9 Å². The minimum absolute atomic E-state index is 0.0512. The normalized spacial score (nSPS) is 13.0. The molecule has 220 valence electrons. The number of amides is 2. The van der Waals surface area contributed by atoms with Crippen molar-refractivity contribution in [2.45, 2.75) is 65.7 Å². The number of urea groups is 1. The van der Waals surface area contributed by atoms with Gasteiger partial charge in [-0.15, -0.1) is 0 Å². The summed E-state index contributed by atoms with van der Waals surface area (Å²) in [5, 5.41) is 15.6.